The molecule has 3 nitrogen and oxygen atoms in total. The normalized spacial score (nSPS) is 38.5. The maximum atomic E-state index is 14.5. The van der Waals surface area contributed by atoms with E-state index in [0.29, 0.717) is 36.3 Å². The number of likely N-dealkylation sites (N-methyl/N-ethyl adjacent to an activating group) is 1. The van der Waals surface area contributed by atoms with Crippen LogP contribution in [0.3, 0.4) is 0 Å². The summed E-state index contributed by atoms with van der Waals surface area (Å²) in [6.07, 6.45) is 29.3. The minimum atomic E-state index is -4.11. The van der Waals surface area contributed by atoms with E-state index < -0.39 is 18.2 Å². The molecule has 11 atom stereocenters. The lowest BCUT2D eigenvalue weighted by molar-refractivity contribution is -0.202. The third-order valence-electron chi connectivity index (χ3n) is 15.1. The number of aliphatic hydroxyl groups is 1. The van der Waals surface area contributed by atoms with Crippen LogP contribution in [0.2, 0.25) is 0 Å². The molecule has 0 bridgehead atoms. The maximum absolute atomic E-state index is 14.5. The molecule has 1 saturated heterocycles. The Morgan fingerprint density at radius 2 is 1.58 bits per heavy atom. The summed E-state index contributed by atoms with van der Waals surface area (Å²) in [6, 6.07) is 0.865. The molecule has 1 aliphatic heterocycles. The van der Waals surface area contributed by atoms with Gasteiger partial charge in [0, 0.05) is 19.1 Å². The van der Waals surface area contributed by atoms with Crippen molar-refractivity contribution in [1.82, 2.24) is 10.4 Å². The van der Waals surface area contributed by atoms with E-state index in [2.05, 4.69) is 36.6 Å². The van der Waals surface area contributed by atoms with Crippen LogP contribution in [0.25, 0.3) is 0 Å². The van der Waals surface area contributed by atoms with Crippen LogP contribution in [0.4, 0.5) is 13.2 Å². The molecular formula is C44H73F3N2O. The van der Waals surface area contributed by atoms with Crippen molar-refractivity contribution in [2.75, 3.05) is 7.05 Å². The Kier molecular flexibility index (Phi) is 14.3. The first kappa shape index (κ1) is 38.9. The van der Waals surface area contributed by atoms with E-state index in [0.717, 1.165) is 57.3 Å². The largest absolute Gasteiger partial charge is 0.393 e. The predicted octanol–water partition coefficient (Wildman–Crippen LogP) is 12.1. The molecule has 6 heteroatoms. The monoisotopic (exact) mass is 703 g/mol. The summed E-state index contributed by atoms with van der Waals surface area (Å²) in [4.78, 5) is 0. The highest BCUT2D eigenvalue weighted by Gasteiger charge is 2.48. The smallest absolute Gasteiger partial charge is 0.392 e. The summed E-state index contributed by atoms with van der Waals surface area (Å²) in [7, 11) is 2.20. The van der Waals surface area contributed by atoms with Gasteiger partial charge in [0.1, 0.15) is 0 Å². The number of fused-ring (bicyclic) bond motifs is 1. The van der Waals surface area contributed by atoms with Crippen molar-refractivity contribution in [3.05, 3.63) is 23.3 Å². The maximum Gasteiger partial charge on any atom is 0.392 e. The van der Waals surface area contributed by atoms with Crippen LogP contribution in [0.1, 0.15) is 174 Å². The van der Waals surface area contributed by atoms with Gasteiger partial charge in [0.2, 0.25) is 0 Å². The molecule has 286 valence electrons. The third kappa shape index (κ3) is 10.4. The van der Waals surface area contributed by atoms with E-state index in [1.54, 1.807) is 11.1 Å². The quantitative estimate of drug-likeness (QED) is 0.166. The number of allylic oxidation sites excluding steroid dienone is 3. The topological polar surface area (TPSA) is 35.5 Å². The minimum absolute atomic E-state index is 0.0927. The fraction of sp³-hybridized carbons (Fsp3) is 0.909. The lowest BCUT2D eigenvalue weighted by Gasteiger charge is -2.42. The molecule has 1 heterocycles. The van der Waals surface area contributed by atoms with Gasteiger partial charge in [-0.25, -0.2) is 10.4 Å². The van der Waals surface area contributed by atoms with E-state index in [1.807, 2.05) is 0 Å². The van der Waals surface area contributed by atoms with Crippen LogP contribution >= 0.6 is 0 Å². The summed E-state index contributed by atoms with van der Waals surface area (Å²) >= 11 is 0. The van der Waals surface area contributed by atoms with Gasteiger partial charge in [0.05, 0.1) is 12.0 Å². The van der Waals surface area contributed by atoms with Crippen LogP contribution < -0.4 is 5.43 Å². The predicted molar refractivity (Wildman–Crippen MR) is 200 cm³/mol. The van der Waals surface area contributed by atoms with Crippen LogP contribution in [0.15, 0.2) is 23.3 Å². The average Bonchev–Trinajstić information content (AvgIpc) is 3.27. The van der Waals surface area contributed by atoms with Crippen molar-refractivity contribution in [2.24, 2.45) is 47.3 Å². The molecule has 5 fully saturated rings. The van der Waals surface area contributed by atoms with E-state index in [9.17, 15) is 18.3 Å². The van der Waals surface area contributed by atoms with E-state index in [1.165, 1.54) is 103 Å². The highest BCUT2D eigenvalue weighted by atomic mass is 19.4. The Morgan fingerprint density at radius 3 is 2.36 bits per heavy atom. The molecule has 50 heavy (non-hydrogen) atoms. The number of alkyl halides is 3. The highest BCUT2D eigenvalue weighted by molar-refractivity contribution is 5.25. The van der Waals surface area contributed by atoms with Gasteiger partial charge in [0.15, 0.2) is 0 Å². The first-order valence-electron chi connectivity index (χ1n) is 21.8. The molecule has 0 spiro atoms. The van der Waals surface area contributed by atoms with Gasteiger partial charge in [-0.05, 0) is 150 Å². The minimum Gasteiger partial charge on any atom is -0.393 e. The second kappa shape index (κ2) is 18.5. The molecule has 0 aromatic heterocycles. The van der Waals surface area contributed by atoms with Crippen LogP contribution in [0.5, 0.6) is 0 Å². The number of hydrazine groups is 1. The van der Waals surface area contributed by atoms with Crippen molar-refractivity contribution >= 4 is 0 Å². The number of hydrogen-bond acceptors (Lipinski definition) is 3. The first-order valence-corrected chi connectivity index (χ1v) is 21.8. The Balaban J connectivity index is 0.942. The van der Waals surface area contributed by atoms with Crippen LogP contribution in [-0.4, -0.2) is 41.5 Å². The van der Waals surface area contributed by atoms with Crippen LogP contribution in [-0.2, 0) is 0 Å². The fourth-order valence-corrected chi connectivity index (χ4v) is 12.0. The third-order valence-corrected chi connectivity index (χ3v) is 15.1. The average molecular weight is 703 g/mol. The summed E-state index contributed by atoms with van der Waals surface area (Å²) in [5, 5.41) is 13.8. The SMILES string of the molecule is CC1CCC(C(O)CCC2CCC(CCC3CCCC(CCC=C4CCCCC4)CC3)C(C(F)(F)F)C2)CC1C1C2=CCCCCC2NN1C. The Labute approximate surface area is 304 Å². The molecule has 0 aromatic carbocycles. The molecule has 0 amide bonds. The van der Waals surface area contributed by atoms with Gasteiger partial charge < -0.3 is 5.11 Å². The lowest BCUT2D eigenvalue weighted by Crippen LogP contribution is -2.44. The molecule has 6 rings (SSSR count). The van der Waals surface area contributed by atoms with Crippen LogP contribution in [0, 0.1) is 47.3 Å². The molecule has 0 aromatic rings. The second-order valence-electron chi connectivity index (χ2n) is 18.5. The Hall–Kier alpha value is -0.850. The zero-order valence-electron chi connectivity index (χ0n) is 31.9. The number of nitrogens with one attached hydrogen (secondary N) is 1. The van der Waals surface area contributed by atoms with E-state index in [4.69, 9.17) is 0 Å². The fourth-order valence-electron chi connectivity index (χ4n) is 12.0. The van der Waals surface area contributed by atoms with E-state index in [-0.39, 0.29) is 24.2 Å². The number of nitrogens with zero attached hydrogens (tertiary/aromatic N) is 1. The lowest BCUT2D eigenvalue weighted by atomic mass is 9.67. The molecule has 4 saturated carbocycles. The Bertz CT molecular complexity index is 1100. The van der Waals surface area contributed by atoms with Gasteiger partial charge in [-0.3, -0.25) is 0 Å². The summed E-state index contributed by atoms with van der Waals surface area (Å²) in [5.41, 5.74) is 7.02. The molecular weight excluding hydrogens is 629 g/mol. The summed E-state index contributed by atoms with van der Waals surface area (Å²) in [6.45, 7) is 2.39. The van der Waals surface area contributed by atoms with Gasteiger partial charge >= 0.3 is 6.18 Å². The molecule has 0 radical (unpaired) electrons. The number of aliphatic hydroxyl groups excluding tert-OH is 1. The van der Waals surface area contributed by atoms with Crippen molar-refractivity contribution < 1.29 is 18.3 Å². The first-order chi connectivity index (χ1) is 24.2. The molecule has 6 aliphatic rings. The van der Waals surface area contributed by atoms with E-state index >= 15 is 0 Å². The summed E-state index contributed by atoms with van der Waals surface area (Å²) in [5.74, 6) is 1.55. The standard InChI is InChI=1S/C44H73F3N2O/c1-31-19-25-37(30-39(31)43-38-17-7-4-8-18-41(38)48-49(43)2)42(50)28-24-35-23-27-36(40(29-35)44(45,46)47)26-22-34-16-10-15-33(20-21-34)14-9-13-32-11-5-3-6-12-32/h13,17,31,33-37,39-43,48,50H,3-12,14-16,18-30H2,1-2H3. The van der Waals surface area contributed by atoms with Crippen molar-refractivity contribution in [2.45, 2.75) is 198 Å². The number of hydrogen-bond donors (Lipinski definition) is 2. The van der Waals surface area contributed by atoms with Crippen molar-refractivity contribution in [3.8, 4) is 0 Å². The molecule has 2 N–H and O–H groups in total. The summed E-state index contributed by atoms with van der Waals surface area (Å²) < 4.78 is 43.6. The number of rotatable bonds is 11. The Morgan fingerprint density at radius 1 is 0.820 bits per heavy atom. The van der Waals surface area contributed by atoms with Gasteiger partial charge in [-0.1, -0.05) is 88.9 Å². The zero-order chi connectivity index (χ0) is 35.1. The highest BCUT2D eigenvalue weighted by Crippen LogP contribution is 2.49. The van der Waals surface area contributed by atoms with Gasteiger partial charge in [0.25, 0.3) is 0 Å². The van der Waals surface area contributed by atoms with Gasteiger partial charge in [-0.15, -0.1) is 0 Å². The molecule has 5 aliphatic carbocycles. The second-order valence-corrected chi connectivity index (χ2v) is 18.5. The molecule has 11 unspecified atom stereocenters. The number of halogens is 3. The van der Waals surface area contributed by atoms with Crippen molar-refractivity contribution in [3.63, 3.8) is 0 Å². The zero-order valence-corrected chi connectivity index (χ0v) is 31.9. The van der Waals surface area contributed by atoms with Crippen molar-refractivity contribution in [1.29, 1.82) is 0 Å². The van der Waals surface area contributed by atoms with Gasteiger partial charge in [-0.2, -0.15) is 13.2 Å².